The molecule has 6 nitrogen and oxygen atoms in total. The summed E-state index contributed by atoms with van der Waals surface area (Å²) in [5.74, 6) is 0.193. The Kier molecular flexibility index (Phi) is 3.62. The van der Waals surface area contributed by atoms with Crippen molar-refractivity contribution in [1.29, 1.82) is 0 Å². The molecule has 1 heterocycles. The Morgan fingerprint density at radius 3 is 2.50 bits per heavy atom. The molecule has 0 radical (unpaired) electrons. The average molecular weight is 218 g/mol. The van der Waals surface area contributed by atoms with E-state index in [0.717, 1.165) is 11.5 Å². The zero-order chi connectivity index (χ0) is 10.6. The topological polar surface area (TPSA) is 104 Å². The summed E-state index contributed by atoms with van der Waals surface area (Å²) in [5, 5.41) is 21.7. The van der Waals surface area contributed by atoms with E-state index in [9.17, 15) is 0 Å². The fraction of sp³-hybridized carbons (Fsp3) is 0.714. The van der Waals surface area contributed by atoms with Crippen molar-refractivity contribution < 1.29 is 10.2 Å². The van der Waals surface area contributed by atoms with Gasteiger partial charge in [-0.2, -0.15) is 9.36 Å². The minimum absolute atomic E-state index is 0.167. The van der Waals surface area contributed by atoms with Crippen LogP contribution in [0.1, 0.15) is 13.3 Å². The number of nitrogen functional groups attached to an aromatic ring is 1. The molecule has 80 valence electrons. The lowest BCUT2D eigenvalue weighted by Gasteiger charge is -2.28. The average Bonchev–Trinajstić information content (AvgIpc) is 2.61. The highest BCUT2D eigenvalue weighted by molar-refractivity contribution is 7.09. The largest absolute Gasteiger partial charge is 0.394 e. The van der Waals surface area contributed by atoms with Gasteiger partial charge < -0.3 is 21.3 Å². The van der Waals surface area contributed by atoms with E-state index < -0.39 is 5.54 Å². The minimum Gasteiger partial charge on any atom is -0.394 e. The van der Waals surface area contributed by atoms with Crippen LogP contribution < -0.4 is 11.1 Å². The van der Waals surface area contributed by atoms with Crippen LogP contribution in [0.25, 0.3) is 0 Å². The van der Waals surface area contributed by atoms with Gasteiger partial charge in [0.25, 0.3) is 0 Å². The number of aliphatic hydroxyl groups is 2. The molecule has 0 fully saturated rings. The van der Waals surface area contributed by atoms with Gasteiger partial charge in [0.15, 0.2) is 0 Å². The zero-order valence-corrected chi connectivity index (χ0v) is 8.71. The number of rotatable bonds is 5. The Balaban J connectivity index is 2.73. The van der Waals surface area contributed by atoms with Crippen LogP contribution in [0.2, 0.25) is 0 Å². The number of aliphatic hydroxyl groups excluding tert-OH is 2. The van der Waals surface area contributed by atoms with E-state index in [4.69, 9.17) is 15.9 Å². The molecule has 0 amide bonds. The molecule has 0 bridgehead atoms. The van der Waals surface area contributed by atoms with Crippen LogP contribution in [0.3, 0.4) is 0 Å². The number of nitrogens with one attached hydrogen (secondary N) is 1. The molecule has 0 atom stereocenters. The van der Waals surface area contributed by atoms with Crippen LogP contribution in [0.5, 0.6) is 0 Å². The second-order valence-corrected chi connectivity index (χ2v) is 3.78. The number of anilines is 2. The van der Waals surface area contributed by atoms with Gasteiger partial charge in [-0.25, -0.2) is 0 Å². The van der Waals surface area contributed by atoms with Crippen molar-refractivity contribution in [2.24, 2.45) is 0 Å². The van der Waals surface area contributed by atoms with Gasteiger partial charge in [-0.15, -0.1) is 0 Å². The van der Waals surface area contributed by atoms with Gasteiger partial charge in [0.05, 0.1) is 18.8 Å². The molecule has 1 aromatic rings. The fourth-order valence-corrected chi connectivity index (χ4v) is 1.57. The number of hydrogen-bond donors (Lipinski definition) is 4. The van der Waals surface area contributed by atoms with Gasteiger partial charge >= 0.3 is 0 Å². The molecular weight excluding hydrogens is 204 g/mol. The summed E-state index contributed by atoms with van der Waals surface area (Å²) in [6.45, 7) is 1.53. The molecule has 5 N–H and O–H groups in total. The van der Waals surface area contributed by atoms with Crippen LogP contribution in [0.4, 0.5) is 11.1 Å². The van der Waals surface area contributed by atoms with Crippen LogP contribution in [-0.2, 0) is 0 Å². The van der Waals surface area contributed by atoms with Crippen LogP contribution in [0.15, 0.2) is 0 Å². The smallest absolute Gasteiger partial charge is 0.233 e. The van der Waals surface area contributed by atoms with Crippen LogP contribution in [-0.4, -0.2) is 38.3 Å². The van der Waals surface area contributed by atoms with Crippen molar-refractivity contribution in [3.8, 4) is 0 Å². The van der Waals surface area contributed by atoms with Crippen LogP contribution in [0, 0.1) is 0 Å². The molecule has 7 heteroatoms. The molecule has 0 spiro atoms. The van der Waals surface area contributed by atoms with Crippen molar-refractivity contribution >= 4 is 22.6 Å². The SMILES string of the molecule is CCC(CO)(CO)Nc1nc(N)ns1. The molecule has 1 aromatic heterocycles. The van der Waals surface area contributed by atoms with Gasteiger partial charge in [-0.3, -0.25) is 0 Å². The summed E-state index contributed by atoms with van der Waals surface area (Å²) in [7, 11) is 0. The first-order valence-electron chi connectivity index (χ1n) is 4.25. The Morgan fingerprint density at radius 1 is 1.50 bits per heavy atom. The van der Waals surface area contributed by atoms with E-state index in [2.05, 4.69) is 14.7 Å². The summed E-state index contributed by atoms with van der Waals surface area (Å²) >= 11 is 1.10. The van der Waals surface area contributed by atoms with Crippen molar-refractivity contribution in [2.75, 3.05) is 24.3 Å². The monoisotopic (exact) mass is 218 g/mol. The van der Waals surface area contributed by atoms with Crippen molar-refractivity contribution in [1.82, 2.24) is 9.36 Å². The first-order valence-corrected chi connectivity index (χ1v) is 5.02. The summed E-state index contributed by atoms with van der Waals surface area (Å²) in [5.41, 5.74) is 4.60. The maximum Gasteiger partial charge on any atom is 0.233 e. The molecule has 0 aliphatic rings. The number of aromatic nitrogens is 2. The van der Waals surface area contributed by atoms with E-state index >= 15 is 0 Å². The highest BCUT2D eigenvalue weighted by Crippen LogP contribution is 2.20. The second-order valence-electron chi connectivity index (χ2n) is 3.03. The van der Waals surface area contributed by atoms with Crippen molar-refractivity contribution in [3.05, 3.63) is 0 Å². The third kappa shape index (κ3) is 2.31. The maximum atomic E-state index is 9.15. The summed E-state index contributed by atoms with van der Waals surface area (Å²) in [6.07, 6.45) is 0.583. The van der Waals surface area contributed by atoms with Gasteiger partial charge in [0.1, 0.15) is 0 Å². The summed E-state index contributed by atoms with van der Waals surface area (Å²) in [6, 6.07) is 0. The Labute approximate surface area is 86.0 Å². The zero-order valence-electron chi connectivity index (χ0n) is 7.90. The standard InChI is InChI=1S/C7H14N4O2S/c1-2-7(3-12,4-13)10-6-9-5(8)11-14-6/h12-13H,2-4H2,1H3,(H3,8,9,10,11). The molecule has 0 aliphatic heterocycles. The van der Waals surface area contributed by atoms with Crippen molar-refractivity contribution in [2.45, 2.75) is 18.9 Å². The molecule has 0 aromatic carbocycles. The van der Waals surface area contributed by atoms with Gasteiger partial charge in [0, 0.05) is 11.5 Å². The van der Waals surface area contributed by atoms with E-state index in [1.165, 1.54) is 0 Å². The quantitative estimate of drug-likeness (QED) is 0.539. The Hall–Kier alpha value is -0.920. The van der Waals surface area contributed by atoms with Gasteiger partial charge in [-0.1, -0.05) is 6.92 Å². The van der Waals surface area contributed by atoms with E-state index in [1.807, 2.05) is 6.92 Å². The van der Waals surface area contributed by atoms with Gasteiger partial charge in [-0.05, 0) is 6.42 Å². The highest BCUT2D eigenvalue weighted by Gasteiger charge is 2.27. The minimum atomic E-state index is -0.744. The Morgan fingerprint density at radius 2 is 2.14 bits per heavy atom. The predicted octanol–water partition coefficient (Wildman–Crippen LogP) is -0.334. The second kappa shape index (κ2) is 4.54. The lowest BCUT2D eigenvalue weighted by atomic mass is 9.99. The molecule has 14 heavy (non-hydrogen) atoms. The number of nitrogens with zero attached hydrogens (tertiary/aromatic N) is 2. The van der Waals surface area contributed by atoms with Gasteiger partial charge in [0.2, 0.25) is 11.1 Å². The number of nitrogens with two attached hydrogens (primary N) is 1. The lowest BCUT2D eigenvalue weighted by molar-refractivity contribution is 0.132. The fourth-order valence-electron chi connectivity index (χ4n) is 0.954. The molecule has 1 rings (SSSR count). The summed E-state index contributed by atoms with van der Waals surface area (Å²) < 4.78 is 3.79. The van der Waals surface area contributed by atoms with Crippen LogP contribution >= 0.6 is 11.5 Å². The molecular formula is C7H14N4O2S. The molecule has 0 saturated heterocycles. The first-order chi connectivity index (χ1) is 6.65. The van der Waals surface area contributed by atoms with Crippen molar-refractivity contribution in [3.63, 3.8) is 0 Å². The van der Waals surface area contributed by atoms with E-state index in [1.54, 1.807) is 0 Å². The maximum absolute atomic E-state index is 9.15. The van der Waals surface area contributed by atoms with E-state index in [-0.39, 0.29) is 19.2 Å². The van der Waals surface area contributed by atoms with E-state index in [0.29, 0.717) is 11.6 Å². The third-order valence-electron chi connectivity index (χ3n) is 2.10. The first kappa shape index (κ1) is 11.2. The molecule has 0 saturated carbocycles. The normalized spacial score (nSPS) is 11.6. The number of hydrogen-bond acceptors (Lipinski definition) is 7. The predicted molar refractivity (Wildman–Crippen MR) is 55.1 cm³/mol. The Bertz CT molecular complexity index is 279. The molecule has 0 unspecified atom stereocenters. The third-order valence-corrected chi connectivity index (χ3v) is 2.74. The highest BCUT2D eigenvalue weighted by atomic mass is 32.1. The lowest BCUT2D eigenvalue weighted by Crippen LogP contribution is -2.45. The summed E-state index contributed by atoms with van der Waals surface area (Å²) in [4.78, 5) is 3.89. The molecule has 0 aliphatic carbocycles.